The van der Waals surface area contributed by atoms with Gasteiger partial charge in [0.05, 0.1) is 15.9 Å². The smallest absolute Gasteiger partial charge is 0.411 e. The van der Waals surface area contributed by atoms with E-state index in [1.54, 1.807) is 44.3 Å². The highest BCUT2D eigenvalue weighted by Crippen LogP contribution is 2.36. The molecule has 38 heavy (non-hydrogen) atoms. The van der Waals surface area contributed by atoms with Gasteiger partial charge in [-0.3, -0.25) is 10.1 Å². The van der Waals surface area contributed by atoms with Crippen LogP contribution in [0, 0.1) is 0 Å². The van der Waals surface area contributed by atoms with Gasteiger partial charge >= 0.3 is 6.09 Å². The van der Waals surface area contributed by atoms with Gasteiger partial charge in [-0.1, -0.05) is 6.07 Å². The van der Waals surface area contributed by atoms with E-state index in [0.29, 0.717) is 35.0 Å². The lowest BCUT2D eigenvalue weighted by molar-refractivity contribution is -0.116. The van der Waals surface area contributed by atoms with E-state index in [4.69, 9.17) is 16.3 Å². The fraction of sp³-hybridized carbons (Fsp3) is 0.370. The van der Waals surface area contributed by atoms with Crippen LogP contribution in [0.1, 0.15) is 47.5 Å². The molecule has 1 aromatic heterocycles. The van der Waals surface area contributed by atoms with Gasteiger partial charge < -0.3 is 10.1 Å². The van der Waals surface area contributed by atoms with Crippen molar-refractivity contribution in [3.8, 4) is 21.0 Å². The molecule has 0 bridgehead atoms. The van der Waals surface area contributed by atoms with Crippen LogP contribution in [-0.4, -0.2) is 38.7 Å². The first-order valence-corrected chi connectivity index (χ1v) is 14.7. The molecule has 0 radical (unpaired) electrons. The number of anilines is 2. The van der Waals surface area contributed by atoms with Crippen LogP contribution < -0.4 is 15.4 Å². The number of benzene rings is 2. The van der Waals surface area contributed by atoms with Crippen LogP contribution in [0.15, 0.2) is 53.6 Å². The summed E-state index contributed by atoms with van der Waals surface area (Å²) in [7, 11) is -1.54. The van der Waals surface area contributed by atoms with E-state index in [-0.39, 0.29) is 12.0 Å². The topological polar surface area (TPSA) is 109 Å². The maximum absolute atomic E-state index is 13.3. The second kappa shape index (κ2) is 13.3. The number of rotatable bonds is 10. The van der Waals surface area contributed by atoms with Crippen LogP contribution >= 0.6 is 22.9 Å². The molecule has 2 aromatic carbocycles. The molecule has 0 saturated heterocycles. The van der Waals surface area contributed by atoms with Crippen molar-refractivity contribution >= 4 is 57.3 Å². The molecule has 11 heteroatoms. The minimum atomic E-state index is -1.54. The maximum Gasteiger partial charge on any atom is 0.411 e. The molecular weight excluding hydrogens is 544 g/mol. The number of thiazole rings is 1. The summed E-state index contributed by atoms with van der Waals surface area (Å²) in [5.41, 5.74) is 2.43. The van der Waals surface area contributed by atoms with E-state index in [9.17, 15) is 13.8 Å². The molecule has 204 valence electrons. The normalized spacial score (nSPS) is 12.3. The Balaban J connectivity index is 1.86. The summed E-state index contributed by atoms with van der Waals surface area (Å²) in [4.78, 5) is 30.0. The number of nitrogens with zero attached hydrogens (tertiary/aromatic N) is 1. The third-order valence-electron chi connectivity index (χ3n) is 4.89. The standard InChI is InChI=1S/C27H33ClN4O4S2/c1-17(2)36-26(34)31-19-10-8-18(9-11-19)25-29-16-22(37-25)21-13-12-20(30-24(33)7-6-14-28)15-23(21)38(35)32-27(3,4)5/h8-13,15-17,32H,6-7,14H2,1-5H3,(H,30,33)(H,31,34). The van der Waals surface area contributed by atoms with Gasteiger partial charge in [0.2, 0.25) is 5.91 Å². The summed E-state index contributed by atoms with van der Waals surface area (Å²) < 4.78 is 21.6. The molecule has 2 amide bonds. The van der Waals surface area contributed by atoms with Gasteiger partial charge in [-0.15, -0.1) is 22.9 Å². The van der Waals surface area contributed by atoms with E-state index in [1.165, 1.54) is 11.3 Å². The van der Waals surface area contributed by atoms with Gasteiger partial charge in [0.1, 0.15) is 16.0 Å². The Labute approximate surface area is 235 Å². The van der Waals surface area contributed by atoms with Gasteiger partial charge in [-0.05, 0) is 77.4 Å². The summed E-state index contributed by atoms with van der Waals surface area (Å²) in [6.45, 7) is 9.39. The molecule has 1 unspecified atom stereocenters. The Hall–Kier alpha value is -2.79. The second-order valence-corrected chi connectivity index (χ2v) is 12.4. The Bertz CT molecular complexity index is 1290. The molecule has 3 N–H and O–H groups in total. The third kappa shape index (κ3) is 8.90. The van der Waals surface area contributed by atoms with E-state index in [1.807, 2.05) is 39.0 Å². The monoisotopic (exact) mass is 576 g/mol. The molecule has 1 atom stereocenters. The molecule has 1 heterocycles. The van der Waals surface area contributed by atoms with Crippen molar-refractivity contribution in [1.29, 1.82) is 0 Å². The number of carbonyl (C=O) groups excluding carboxylic acids is 2. The summed E-state index contributed by atoms with van der Waals surface area (Å²) in [5.74, 6) is 0.267. The Kier molecular flexibility index (Phi) is 10.4. The van der Waals surface area contributed by atoms with Crippen LogP contribution in [-0.2, 0) is 20.5 Å². The van der Waals surface area contributed by atoms with Gasteiger partial charge in [0, 0.05) is 46.5 Å². The van der Waals surface area contributed by atoms with Crippen molar-refractivity contribution in [2.24, 2.45) is 0 Å². The number of aromatic nitrogens is 1. The fourth-order valence-corrected chi connectivity index (χ4v) is 5.77. The Morgan fingerprint density at radius 1 is 1.08 bits per heavy atom. The van der Waals surface area contributed by atoms with Crippen molar-refractivity contribution in [3.63, 3.8) is 0 Å². The first-order chi connectivity index (χ1) is 17.9. The number of ether oxygens (including phenoxy) is 1. The Morgan fingerprint density at radius 3 is 2.39 bits per heavy atom. The molecule has 3 rings (SSSR count). The molecule has 0 aliphatic carbocycles. The molecule has 0 fully saturated rings. The lowest BCUT2D eigenvalue weighted by Gasteiger charge is -2.21. The largest absolute Gasteiger partial charge is 0.447 e. The minimum Gasteiger partial charge on any atom is -0.447 e. The number of hydrogen-bond donors (Lipinski definition) is 3. The summed E-state index contributed by atoms with van der Waals surface area (Å²) >= 11 is 7.16. The van der Waals surface area contributed by atoms with Crippen LogP contribution in [0.5, 0.6) is 0 Å². The highest BCUT2D eigenvalue weighted by atomic mass is 35.5. The van der Waals surface area contributed by atoms with Crippen molar-refractivity contribution in [2.75, 3.05) is 16.5 Å². The highest BCUT2D eigenvalue weighted by Gasteiger charge is 2.20. The molecule has 0 saturated carbocycles. The third-order valence-corrected chi connectivity index (χ3v) is 7.78. The first-order valence-electron chi connectivity index (χ1n) is 12.2. The average Bonchev–Trinajstić information content (AvgIpc) is 3.31. The average molecular weight is 577 g/mol. The highest BCUT2D eigenvalue weighted by molar-refractivity contribution is 7.83. The molecule has 0 spiro atoms. The van der Waals surface area contributed by atoms with Gasteiger partial charge in [-0.2, -0.15) is 0 Å². The van der Waals surface area contributed by atoms with Crippen molar-refractivity contribution in [3.05, 3.63) is 48.7 Å². The van der Waals surface area contributed by atoms with Crippen LogP contribution in [0.25, 0.3) is 21.0 Å². The SMILES string of the molecule is CC(C)OC(=O)Nc1ccc(-c2ncc(-c3ccc(NC(=O)CCCCl)cc3S(=O)NC(C)(C)C)s2)cc1. The molecule has 3 aromatic rings. The molecular formula is C27H33ClN4O4S2. The number of hydrogen-bond acceptors (Lipinski definition) is 6. The zero-order valence-electron chi connectivity index (χ0n) is 22.1. The van der Waals surface area contributed by atoms with Crippen molar-refractivity contribution in [2.45, 2.75) is 64.0 Å². The van der Waals surface area contributed by atoms with Crippen molar-refractivity contribution in [1.82, 2.24) is 9.71 Å². The van der Waals surface area contributed by atoms with Crippen LogP contribution in [0.4, 0.5) is 16.2 Å². The lowest BCUT2D eigenvalue weighted by Crippen LogP contribution is -2.37. The van der Waals surface area contributed by atoms with Gasteiger partial charge in [0.25, 0.3) is 0 Å². The number of amides is 2. The second-order valence-electron chi connectivity index (χ2n) is 9.86. The zero-order valence-corrected chi connectivity index (χ0v) is 24.5. The van der Waals surface area contributed by atoms with E-state index in [0.717, 1.165) is 21.0 Å². The summed E-state index contributed by atoms with van der Waals surface area (Å²) in [6, 6.07) is 12.7. The molecule has 8 nitrogen and oxygen atoms in total. The maximum atomic E-state index is 13.3. The minimum absolute atomic E-state index is 0.144. The van der Waals surface area contributed by atoms with Crippen molar-refractivity contribution < 1.29 is 18.5 Å². The molecule has 0 aliphatic heterocycles. The quantitative estimate of drug-likeness (QED) is 0.230. The van der Waals surface area contributed by atoms with E-state index >= 15 is 0 Å². The predicted molar refractivity (Wildman–Crippen MR) is 156 cm³/mol. The lowest BCUT2D eigenvalue weighted by atomic mass is 10.1. The number of carbonyl (C=O) groups is 2. The number of alkyl halides is 1. The summed E-state index contributed by atoms with van der Waals surface area (Å²) in [5, 5.41) is 6.33. The number of halogens is 1. The van der Waals surface area contributed by atoms with Crippen LogP contribution in [0.2, 0.25) is 0 Å². The number of nitrogens with one attached hydrogen (secondary N) is 3. The summed E-state index contributed by atoms with van der Waals surface area (Å²) in [6.07, 6.45) is 1.93. The van der Waals surface area contributed by atoms with Crippen LogP contribution in [0.3, 0.4) is 0 Å². The first kappa shape index (κ1) is 29.8. The van der Waals surface area contributed by atoms with E-state index in [2.05, 4.69) is 20.3 Å². The molecule has 0 aliphatic rings. The Morgan fingerprint density at radius 2 is 1.76 bits per heavy atom. The van der Waals surface area contributed by atoms with Gasteiger partial charge in [-0.25, -0.2) is 18.7 Å². The predicted octanol–water partition coefficient (Wildman–Crippen LogP) is 6.80. The fourth-order valence-electron chi connectivity index (χ4n) is 3.33. The van der Waals surface area contributed by atoms with E-state index < -0.39 is 22.6 Å². The van der Waals surface area contributed by atoms with Gasteiger partial charge in [0.15, 0.2) is 0 Å². The zero-order chi connectivity index (χ0) is 27.9.